The average Bonchev–Trinajstić information content (AvgIpc) is 1.80. The predicted octanol–water partition coefficient (Wildman–Crippen LogP) is 2.54. The normalized spacial score (nSPS) is 14.7. The Morgan fingerprint density at radius 1 is 1.40 bits per heavy atom. The van der Waals surface area contributed by atoms with Crippen LogP contribution in [0.15, 0.2) is 17.3 Å². The van der Waals surface area contributed by atoms with Gasteiger partial charge >= 0.3 is 6.18 Å². The Hall–Kier alpha value is -0.800. The first-order valence-electron chi connectivity index (χ1n) is 2.71. The summed E-state index contributed by atoms with van der Waals surface area (Å²) >= 11 is 0. The highest BCUT2D eigenvalue weighted by Gasteiger charge is 2.31. The molecule has 4 heteroatoms. The van der Waals surface area contributed by atoms with Gasteiger partial charge in [0.15, 0.2) is 0 Å². The Labute approximate surface area is 57.3 Å². The lowest BCUT2D eigenvalue weighted by Gasteiger charge is -2.02. The summed E-state index contributed by atoms with van der Waals surface area (Å²) in [6, 6.07) is 0. The van der Waals surface area contributed by atoms with Gasteiger partial charge in [-0.25, -0.2) is 0 Å². The van der Waals surface area contributed by atoms with Gasteiger partial charge in [0, 0.05) is 6.20 Å². The molecular formula is C6H8F3N. The number of rotatable bonds is 1. The SMILES string of the molecule is C/C=C\N=C(/C)C(F)(F)F. The van der Waals surface area contributed by atoms with Crippen molar-refractivity contribution in [3.63, 3.8) is 0 Å². The number of allylic oxidation sites excluding steroid dienone is 1. The molecule has 0 aliphatic carbocycles. The van der Waals surface area contributed by atoms with Crippen LogP contribution in [0.3, 0.4) is 0 Å². The van der Waals surface area contributed by atoms with Gasteiger partial charge in [-0.1, -0.05) is 6.08 Å². The van der Waals surface area contributed by atoms with E-state index < -0.39 is 11.9 Å². The Morgan fingerprint density at radius 2 is 1.90 bits per heavy atom. The van der Waals surface area contributed by atoms with E-state index in [0.717, 1.165) is 13.1 Å². The maximum Gasteiger partial charge on any atom is 0.429 e. The molecule has 0 aliphatic heterocycles. The lowest BCUT2D eigenvalue weighted by atomic mass is 10.4. The molecule has 0 aromatic carbocycles. The van der Waals surface area contributed by atoms with Crippen molar-refractivity contribution in [3.8, 4) is 0 Å². The molecule has 0 aromatic heterocycles. The second-order valence-corrected chi connectivity index (χ2v) is 1.69. The summed E-state index contributed by atoms with van der Waals surface area (Å²) in [4.78, 5) is 3.12. The number of hydrogen-bond acceptors (Lipinski definition) is 1. The molecule has 0 radical (unpaired) electrons. The van der Waals surface area contributed by atoms with Crippen molar-refractivity contribution in [1.82, 2.24) is 0 Å². The summed E-state index contributed by atoms with van der Waals surface area (Å²) in [6.45, 7) is 2.53. The van der Waals surface area contributed by atoms with E-state index >= 15 is 0 Å². The van der Waals surface area contributed by atoms with Crippen LogP contribution in [0.25, 0.3) is 0 Å². The molecule has 0 aliphatic rings. The third-order valence-corrected chi connectivity index (χ3v) is 0.828. The molecule has 10 heavy (non-hydrogen) atoms. The first kappa shape index (κ1) is 9.20. The van der Waals surface area contributed by atoms with Gasteiger partial charge in [-0.05, 0) is 13.8 Å². The van der Waals surface area contributed by atoms with Crippen molar-refractivity contribution < 1.29 is 13.2 Å². The second kappa shape index (κ2) is 3.39. The summed E-state index contributed by atoms with van der Waals surface area (Å²) in [5, 5.41) is 0. The fourth-order valence-electron chi connectivity index (χ4n) is 0.260. The highest BCUT2D eigenvalue weighted by molar-refractivity contribution is 5.87. The maximum atomic E-state index is 11.6. The standard InChI is InChI=1S/C6H8F3N/c1-3-4-10-5(2)6(7,8)9/h3-4H,1-2H3/b4-3-,10-5+. The van der Waals surface area contributed by atoms with E-state index in [2.05, 4.69) is 4.99 Å². The van der Waals surface area contributed by atoms with Gasteiger partial charge in [-0.2, -0.15) is 13.2 Å². The van der Waals surface area contributed by atoms with E-state index in [1.807, 2.05) is 0 Å². The quantitative estimate of drug-likeness (QED) is 0.510. The van der Waals surface area contributed by atoms with Crippen molar-refractivity contribution >= 4 is 5.71 Å². The van der Waals surface area contributed by atoms with Gasteiger partial charge in [0.25, 0.3) is 0 Å². The number of nitrogens with zero attached hydrogens (tertiary/aromatic N) is 1. The van der Waals surface area contributed by atoms with Crippen LogP contribution in [-0.2, 0) is 0 Å². The van der Waals surface area contributed by atoms with E-state index in [-0.39, 0.29) is 0 Å². The van der Waals surface area contributed by atoms with E-state index in [0.29, 0.717) is 0 Å². The summed E-state index contributed by atoms with van der Waals surface area (Å²) in [5.74, 6) is 0. The monoisotopic (exact) mass is 151 g/mol. The molecule has 0 atom stereocenters. The molecule has 0 spiro atoms. The average molecular weight is 151 g/mol. The molecule has 0 saturated carbocycles. The molecule has 0 N–H and O–H groups in total. The highest BCUT2D eigenvalue weighted by Crippen LogP contribution is 2.16. The van der Waals surface area contributed by atoms with Gasteiger partial charge < -0.3 is 0 Å². The van der Waals surface area contributed by atoms with Crippen LogP contribution in [0.2, 0.25) is 0 Å². The van der Waals surface area contributed by atoms with Crippen molar-refractivity contribution in [1.29, 1.82) is 0 Å². The first-order chi connectivity index (χ1) is 4.48. The van der Waals surface area contributed by atoms with Gasteiger partial charge in [0.2, 0.25) is 0 Å². The van der Waals surface area contributed by atoms with Gasteiger partial charge in [-0.3, -0.25) is 4.99 Å². The van der Waals surface area contributed by atoms with Crippen LogP contribution < -0.4 is 0 Å². The molecule has 1 nitrogen and oxygen atoms in total. The molecule has 0 unspecified atom stereocenters. The Balaban J connectivity index is 4.20. The molecule has 0 saturated heterocycles. The lowest BCUT2D eigenvalue weighted by Crippen LogP contribution is -2.18. The van der Waals surface area contributed by atoms with Crippen LogP contribution in [-0.4, -0.2) is 11.9 Å². The van der Waals surface area contributed by atoms with E-state index in [9.17, 15) is 13.2 Å². The van der Waals surface area contributed by atoms with Crippen molar-refractivity contribution in [2.24, 2.45) is 4.99 Å². The van der Waals surface area contributed by atoms with Crippen LogP contribution in [0.5, 0.6) is 0 Å². The summed E-state index contributed by atoms with van der Waals surface area (Å²) in [7, 11) is 0. The Kier molecular flexibility index (Phi) is 3.12. The number of hydrogen-bond donors (Lipinski definition) is 0. The molecule has 0 heterocycles. The zero-order chi connectivity index (χ0) is 8.20. The fourth-order valence-corrected chi connectivity index (χ4v) is 0.260. The molecule has 0 fully saturated rings. The molecule has 0 aromatic rings. The van der Waals surface area contributed by atoms with Crippen LogP contribution in [0, 0.1) is 0 Å². The summed E-state index contributed by atoms with van der Waals surface area (Å²) in [5.41, 5.74) is -0.828. The number of halogens is 3. The molecule has 0 amide bonds. The van der Waals surface area contributed by atoms with Crippen molar-refractivity contribution in [2.75, 3.05) is 0 Å². The largest absolute Gasteiger partial charge is 0.429 e. The lowest BCUT2D eigenvalue weighted by molar-refractivity contribution is -0.0591. The molecule has 58 valence electrons. The van der Waals surface area contributed by atoms with Crippen LogP contribution in [0.1, 0.15) is 13.8 Å². The first-order valence-corrected chi connectivity index (χ1v) is 2.71. The minimum absolute atomic E-state index is 0.828. The van der Waals surface area contributed by atoms with Crippen molar-refractivity contribution in [3.05, 3.63) is 12.3 Å². The predicted molar refractivity (Wildman–Crippen MR) is 34.0 cm³/mol. The Bertz CT molecular complexity index is 155. The van der Waals surface area contributed by atoms with Crippen molar-refractivity contribution in [2.45, 2.75) is 20.0 Å². The summed E-state index contributed by atoms with van der Waals surface area (Å²) in [6.07, 6.45) is -1.74. The smallest absolute Gasteiger partial charge is 0.257 e. The molecular weight excluding hydrogens is 143 g/mol. The third kappa shape index (κ3) is 3.27. The molecule has 0 bridgehead atoms. The topological polar surface area (TPSA) is 12.4 Å². The Morgan fingerprint density at radius 3 is 2.20 bits per heavy atom. The van der Waals surface area contributed by atoms with Crippen LogP contribution >= 0.6 is 0 Å². The number of aliphatic imine (C=N–C) groups is 1. The minimum atomic E-state index is -4.29. The second-order valence-electron chi connectivity index (χ2n) is 1.69. The van der Waals surface area contributed by atoms with E-state index in [1.54, 1.807) is 6.92 Å². The van der Waals surface area contributed by atoms with Crippen LogP contribution in [0.4, 0.5) is 13.2 Å². The van der Waals surface area contributed by atoms with Gasteiger partial charge in [-0.15, -0.1) is 0 Å². The van der Waals surface area contributed by atoms with E-state index in [1.165, 1.54) is 6.08 Å². The number of alkyl halides is 3. The fraction of sp³-hybridized carbons (Fsp3) is 0.500. The zero-order valence-electron chi connectivity index (χ0n) is 5.74. The van der Waals surface area contributed by atoms with Gasteiger partial charge in [0.05, 0.1) is 0 Å². The molecule has 0 rings (SSSR count). The maximum absolute atomic E-state index is 11.6. The minimum Gasteiger partial charge on any atom is -0.257 e. The summed E-state index contributed by atoms with van der Waals surface area (Å²) < 4.78 is 34.8. The highest BCUT2D eigenvalue weighted by atomic mass is 19.4. The third-order valence-electron chi connectivity index (χ3n) is 0.828. The van der Waals surface area contributed by atoms with E-state index in [4.69, 9.17) is 0 Å². The zero-order valence-corrected chi connectivity index (χ0v) is 5.74. The van der Waals surface area contributed by atoms with Gasteiger partial charge in [0.1, 0.15) is 5.71 Å².